The molecule has 0 saturated carbocycles. The molecule has 0 radical (unpaired) electrons. The standard InChI is InChI=1S/C21H31NO/c1-2-3-4-5-6-7-12-20(22)15-16-23-21-14-13-18-10-8-9-11-19(18)17-21/h8-11,13-14,17,20H,2-7,12,15-16,22H2,1H3. The molecule has 126 valence electrons. The van der Waals surface area contributed by atoms with Crippen LogP contribution in [0.3, 0.4) is 0 Å². The van der Waals surface area contributed by atoms with Crippen molar-refractivity contribution in [1.82, 2.24) is 0 Å². The van der Waals surface area contributed by atoms with Gasteiger partial charge in [0.2, 0.25) is 0 Å². The Kier molecular flexibility index (Phi) is 7.96. The molecular formula is C21H31NO. The summed E-state index contributed by atoms with van der Waals surface area (Å²) in [6, 6.07) is 14.9. The van der Waals surface area contributed by atoms with Gasteiger partial charge in [0, 0.05) is 6.04 Å². The maximum Gasteiger partial charge on any atom is 0.119 e. The molecule has 2 rings (SSSR count). The average Bonchev–Trinajstić information content (AvgIpc) is 2.58. The molecule has 2 nitrogen and oxygen atoms in total. The summed E-state index contributed by atoms with van der Waals surface area (Å²) in [4.78, 5) is 0. The molecule has 2 aromatic rings. The molecule has 0 aliphatic heterocycles. The molecule has 1 unspecified atom stereocenters. The lowest BCUT2D eigenvalue weighted by Crippen LogP contribution is -2.22. The first-order valence-electron chi connectivity index (χ1n) is 9.17. The summed E-state index contributed by atoms with van der Waals surface area (Å²) in [7, 11) is 0. The van der Waals surface area contributed by atoms with Crippen molar-refractivity contribution in [2.75, 3.05) is 6.61 Å². The van der Waals surface area contributed by atoms with Crippen molar-refractivity contribution < 1.29 is 4.74 Å². The molecule has 0 saturated heterocycles. The van der Waals surface area contributed by atoms with Crippen LogP contribution in [-0.4, -0.2) is 12.6 Å². The Labute approximate surface area is 141 Å². The summed E-state index contributed by atoms with van der Waals surface area (Å²) in [6.07, 6.45) is 10.0. The summed E-state index contributed by atoms with van der Waals surface area (Å²) in [5.41, 5.74) is 6.19. The van der Waals surface area contributed by atoms with Crippen LogP contribution in [0.4, 0.5) is 0 Å². The minimum absolute atomic E-state index is 0.265. The van der Waals surface area contributed by atoms with Gasteiger partial charge in [-0.3, -0.25) is 0 Å². The minimum atomic E-state index is 0.265. The summed E-state index contributed by atoms with van der Waals surface area (Å²) >= 11 is 0. The van der Waals surface area contributed by atoms with Crippen molar-refractivity contribution >= 4 is 10.8 Å². The number of hydrogen-bond donors (Lipinski definition) is 1. The van der Waals surface area contributed by atoms with Crippen molar-refractivity contribution in [1.29, 1.82) is 0 Å². The van der Waals surface area contributed by atoms with E-state index in [9.17, 15) is 0 Å². The maximum absolute atomic E-state index is 6.19. The van der Waals surface area contributed by atoms with Crippen molar-refractivity contribution in [3.8, 4) is 5.75 Å². The Morgan fingerprint density at radius 2 is 1.61 bits per heavy atom. The van der Waals surface area contributed by atoms with Gasteiger partial charge in [0.1, 0.15) is 5.75 Å². The van der Waals surface area contributed by atoms with E-state index in [1.165, 1.54) is 49.3 Å². The molecule has 0 fully saturated rings. The summed E-state index contributed by atoms with van der Waals surface area (Å²) < 4.78 is 5.86. The zero-order valence-electron chi connectivity index (χ0n) is 14.5. The Hall–Kier alpha value is -1.54. The van der Waals surface area contributed by atoms with Crippen LogP contribution in [0, 0.1) is 0 Å². The molecule has 23 heavy (non-hydrogen) atoms. The van der Waals surface area contributed by atoms with Crippen LogP contribution in [0.1, 0.15) is 58.3 Å². The number of fused-ring (bicyclic) bond motifs is 1. The molecule has 0 heterocycles. The van der Waals surface area contributed by atoms with Crippen molar-refractivity contribution in [3.05, 3.63) is 42.5 Å². The number of ether oxygens (including phenoxy) is 1. The highest BCUT2D eigenvalue weighted by atomic mass is 16.5. The average molecular weight is 313 g/mol. The third kappa shape index (κ3) is 6.62. The first kappa shape index (κ1) is 17.8. The molecule has 0 aliphatic carbocycles. The van der Waals surface area contributed by atoms with Crippen LogP contribution in [0.5, 0.6) is 5.75 Å². The van der Waals surface area contributed by atoms with Gasteiger partial charge in [0.15, 0.2) is 0 Å². The normalized spacial score (nSPS) is 12.4. The van der Waals surface area contributed by atoms with Gasteiger partial charge in [0.05, 0.1) is 6.61 Å². The van der Waals surface area contributed by atoms with Gasteiger partial charge in [-0.1, -0.05) is 75.8 Å². The highest BCUT2D eigenvalue weighted by Gasteiger charge is 2.04. The van der Waals surface area contributed by atoms with Gasteiger partial charge >= 0.3 is 0 Å². The van der Waals surface area contributed by atoms with Gasteiger partial charge < -0.3 is 10.5 Å². The predicted octanol–water partition coefficient (Wildman–Crippen LogP) is 5.69. The van der Waals surface area contributed by atoms with E-state index >= 15 is 0 Å². The van der Waals surface area contributed by atoms with E-state index in [-0.39, 0.29) is 6.04 Å². The van der Waals surface area contributed by atoms with Crippen LogP contribution in [0.2, 0.25) is 0 Å². The molecular weight excluding hydrogens is 282 g/mol. The largest absolute Gasteiger partial charge is 0.494 e. The second kappa shape index (κ2) is 10.3. The number of benzene rings is 2. The van der Waals surface area contributed by atoms with E-state index in [4.69, 9.17) is 10.5 Å². The van der Waals surface area contributed by atoms with E-state index in [1.54, 1.807) is 0 Å². The smallest absolute Gasteiger partial charge is 0.119 e. The second-order valence-corrected chi connectivity index (χ2v) is 6.46. The van der Waals surface area contributed by atoms with Gasteiger partial charge in [-0.15, -0.1) is 0 Å². The highest BCUT2D eigenvalue weighted by molar-refractivity contribution is 5.83. The van der Waals surface area contributed by atoms with Gasteiger partial charge in [0.25, 0.3) is 0 Å². The zero-order chi connectivity index (χ0) is 16.3. The third-order valence-electron chi connectivity index (χ3n) is 4.41. The van der Waals surface area contributed by atoms with Crippen LogP contribution in [0.25, 0.3) is 10.8 Å². The lowest BCUT2D eigenvalue weighted by Gasteiger charge is -2.13. The third-order valence-corrected chi connectivity index (χ3v) is 4.41. The molecule has 2 aromatic carbocycles. The Morgan fingerprint density at radius 1 is 0.870 bits per heavy atom. The van der Waals surface area contributed by atoms with E-state index in [2.05, 4.69) is 43.3 Å². The van der Waals surface area contributed by atoms with Crippen LogP contribution in [-0.2, 0) is 0 Å². The minimum Gasteiger partial charge on any atom is -0.494 e. The molecule has 2 heteroatoms. The highest BCUT2D eigenvalue weighted by Crippen LogP contribution is 2.20. The first-order valence-corrected chi connectivity index (χ1v) is 9.17. The molecule has 1 atom stereocenters. The quantitative estimate of drug-likeness (QED) is 0.541. The molecule has 0 aliphatic rings. The Bertz CT molecular complexity index is 567. The Balaban J connectivity index is 1.61. The van der Waals surface area contributed by atoms with Crippen molar-refractivity contribution in [2.24, 2.45) is 5.73 Å². The fourth-order valence-electron chi connectivity index (χ4n) is 2.92. The topological polar surface area (TPSA) is 35.2 Å². The first-order chi connectivity index (χ1) is 11.3. The zero-order valence-corrected chi connectivity index (χ0v) is 14.5. The van der Waals surface area contributed by atoms with Gasteiger partial charge in [-0.25, -0.2) is 0 Å². The Morgan fingerprint density at radius 3 is 2.43 bits per heavy atom. The van der Waals surface area contributed by atoms with E-state index in [0.717, 1.165) is 18.6 Å². The second-order valence-electron chi connectivity index (χ2n) is 6.46. The monoisotopic (exact) mass is 313 g/mol. The molecule has 0 aromatic heterocycles. The van der Waals surface area contributed by atoms with E-state index in [1.807, 2.05) is 6.07 Å². The number of nitrogens with two attached hydrogens (primary N) is 1. The van der Waals surface area contributed by atoms with Crippen molar-refractivity contribution in [3.63, 3.8) is 0 Å². The van der Waals surface area contributed by atoms with Crippen LogP contribution < -0.4 is 10.5 Å². The SMILES string of the molecule is CCCCCCCCC(N)CCOc1ccc2ccccc2c1. The molecule has 2 N–H and O–H groups in total. The lowest BCUT2D eigenvalue weighted by atomic mass is 10.0. The summed E-state index contributed by atoms with van der Waals surface area (Å²) in [5, 5.41) is 2.47. The van der Waals surface area contributed by atoms with Gasteiger partial charge in [-0.2, -0.15) is 0 Å². The van der Waals surface area contributed by atoms with E-state index < -0.39 is 0 Å². The number of hydrogen-bond acceptors (Lipinski definition) is 2. The van der Waals surface area contributed by atoms with Crippen LogP contribution >= 0.6 is 0 Å². The molecule has 0 bridgehead atoms. The summed E-state index contributed by atoms with van der Waals surface area (Å²) in [6.45, 7) is 2.96. The maximum atomic E-state index is 6.19. The van der Waals surface area contributed by atoms with Crippen molar-refractivity contribution in [2.45, 2.75) is 64.3 Å². The molecule has 0 amide bonds. The number of unbranched alkanes of at least 4 members (excludes halogenated alkanes) is 5. The fourth-order valence-corrected chi connectivity index (χ4v) is 2.92. The van der Waals surface area contributed by atoms with Crippen LogP contribution in [0.15, 0.2) is 42.5 Å². The lowest BCUT2D eigenvalue weighted by molar-refractivity contribution is 0.293. The van der Waals surface area contributed by atoms with E-state index in [0.29, 0.717) is 6.61 Å². The summed E-state index contributed by atoms with van der Waals surface area (Å²) in [5.74, 6) is 0.940. The van der Waals surface area contributed by atoms with Gasteiger partial charge in [-0.05, 0) is 35.7 Å². The molecule has 0 spiro atoms. The predicted molar refractivity (Wildman–Crippen MR) is 100 cm³/mol. The number of rotatable bonds is 11. The fraction of sp³-hybridized carbons (Fsp3) is 0.524.